The molecule has 2 aliphatic rings. The first kappa shape index (κ1) is 12.2. The summed E-state index contributed by atoms with van der Waals surface area (Å²) in [5.41, 5.74) is 3.35. The molecule has 2 heterocycles. The minimum absolute atomic E-state index is 0.403. The maximum atomic E-state index is 9.99. The normalized spacial score (nSPS) is 23.9. The molecule has 2 atom stereocenters. The lowest BCUT2D eigenvalue weighted by molar-refractivity contribution is 0.0459. The maximum Gasteiger partial charge on any atom is 0.492 e. The first-order valence-corrected chi connectivity index (χ1v) is 6.60. The van der Waals surface area contributed by atoms with E-state index in [1.54, 1.807) is 0 Å². The second kappa shape index (κ2) is 4.46. The Bertz CT molecular complexity index is 606. The van der Waals surface area contributed by atoms with Crippen LogP contribution in [0.15, 0.2) is 48.5 Å². The second-order valence-electron chi connectivity index (χ2n) is 5.08. The summed E-state index contributed by atoms with van der Waals surface area (Å²) >= 11 is 0. The summed E-state index contributed by atoms with van der Waals surface area (Å²) in [6, 6.07) is 15.1. The van der Waals surface area contributed by atoms with Crippen molar-refractivity contribution in [3.63, 3.8) is 0 Å². The topological polar surface area (TPSA) is 58.9 Å². The zero-order chi connectivity index (χ0) is 13.7. The molecule has 0 unspecified atom stereocenters. The second-order valence-corrected chi connectivity index (χ2v) is 5.08. The molecule has 0 amide bonds. The first-order valence-electron chi connectivity index (χ1n) is 6.60. The molecule has 0 fully saturated rings. The maximum absolute atomic E-state index is 9.99. The number of hydrogen-bond acceptors (Lipinski definition) is 4. The van der Waals surface area contributed by atoms with E-state index in [0.29, 0.717) is 0 Å². The van der Waals surface area contributed by atoms with E-state index >= 15 is 0 Å². The Morgan fingerprint density at radius 2 is 1.10 bits per heavy atom. The molecule has 4 nitrogen and oxygen atoms in total. The van der Waals surface area contributed by atoms with Crippen LogP contribution >= 0.6 is 0 Å². The lowest BCUT2D eigenvalue weighted by Crippen LogP contribution is -2.28. The summed E-state index contributed by atoms with van der Waals surface area (Å²) in [6.45, 7) is 0. The molecule has 0 spiro atoms. The molecule has 0 aromatic heterocycles. The Kier molecular flexibility index (Phi) is 2.72. The van der Waals surface area contributed by atoms with Crippen LogP contribution in [0.3, 0.4) is 0 Å². The molecule has 98 valence electrons. The van der Waals surface area contributed by atoms with Crippen molar-refractivity contribution < 1.29 is 19.4 Å². The van der Waals surface area contributed by atoms with Gasteiger partial charge in [-0.1, -0.05) is 48.5 Å². The van der Waals surface area contributed by atoms with Crippen molar-refractivity contribution in [3.05, 3.63) is 59.7 Å². The van der Waals surface area contributed by atoms with Gasteiger partial charge in [-0.15, -0.1) is 0 Å². The number of rotatable bonds is 1. The van der Waals surface area contributed by atoms with Crippen molar-refractivity contribution in [1.82, 2.24) is 0 Å². The van der Waals surface area contributed by atoms with Crippen molar-refractivity contribution in [2.24, 2.45) is 0 Å². The predicted octanol–water partition coefficient (Wildman–Crippen LogP) is -0.0956. The Hall–Kier alpha value is -1.59. The zero-order valence-electron chi connectivity index (χ0n) is 10.6. The SMILES string of the molecule is OB1O[C@@H]([C@@H]2OB(O)c3ccccc32)c2ccccc21. The van der Waals surface area contributed by atoms with Gasteiger partial charge < -0.3 is 19.4 Å². The third kappa shape index (κ3) is 1.66. The van der Waals surface area contributed by atoms with Gasteiger partial charge in [-0.2, -0.15) is 0 Å². The zero-order valence-corrected chi connectivity index (χ0v) is 10.6. The lowest BCUT2D eigenvalue weighted by Gasteiger charge is -2.21. The van der Waals surface area contributed by atoms with Crippen LogP contribution < -0.4 is 10.9 Å². The minimum atomic E-state index is -0.940. The van der Waals surface area contributed by atoms with E-state index < -0.39 is 26.4 Å². The van der Waals surface area contributed by atoms with Crippen molar-refractivity contribution >= 4 is 25.2 Å². The highest BCUT2D eigenvalue weighted by atomic mass is 16.6. The summed E-state index contributed by atoms with van der Waals surface area (Å²) in [5.74, 6) is 0. The fourth-order valence-electron chi connectivity index (χ4n) is 3.03. The average Bonchev–Trinajstić information content (AvgIpc) is 2.99. The molecule has 0 aliphatic carbocycles. The average molecular weight is 266 g/mol. The summed E-state index contributed by atoms with van der Waals surface area (Å²) < 4.78 is 11.3. The quantitative estimate of drug-likeness (QED) is 0.708. The molecule has 0 bridgehead atoms. The van der Waals surface area contributed by atoms with Gasteiger partial charge in [-0.3, -0.25) is 0 Å². The number of hydrogen-bond donors (Lipinski definition) is 2. The minimum Gasteiger partial charge on any atom is -0.423 e. The molecule has 4 rings (SSSR count). The van der Waals surface area contributed by atoms with E-state index in [0.717, 1.165) is 22.1 Å². The molecular weight excluding hydrogens is 254 g/mol. The largest absolute Gasteiger partial charge is 0.492 e. The number of benzene rings is 2. The summed E-state index contributed by atoms with van der Waals surface area (Å²) in [5, 5.41) is 20.0. The van der Waals surface area contributed by atoms with Gasteiger partial charge in [0.15, 0.2) is 0 Å². The molecule has 2 N–H and O–H groups in total. The molecule has 0 radical (unpaired) electrons. The first-order chi connectivity index (χ1) is 9.75. The summed E-state index contributed by atoms with van der Waals surface area (Å²) in [7, 11) is -1.88. The van der Waals surface area contributed by atoms with Crippen LogP contribution in [0.1, 0.15) is 23.3 Å². The van der Waals surface area contributed by atoms with Crippen LogP contribution in [0.4, 0.5) is 0 Å². The molecule has 20 heavy (non-hydrogen) atoms. The molecular formula is C14H12B2O4. The van der Waals surface area contributed by atoms with Crippen molar-refractivity contribution in [2.45, 2.75) is 12.2 Å². The molecule has 0 saturated heterocycles. The van der Waals surface area contributed by atoms with E-state index in [1.807, 2.05) is 48.5 Å². The fourth-order valence-corrected chi connectivity index (χ4v) is 3.03. The van der Waals surface area contributed by atoms with Gasteiger partial charge in [0.25, 0.3) is 0 Å². The molecule has 2 aromatic rings. The summed E-state index contributed by atoms with van der Waals surface area (Å²) in [4.78, 5) is 0. The van der Waals surface area contributed by atoms with E-state index in [4.69, 9.17) is 9.31 Å². The molecule has 6 heteroatoms. The monoisotopic (exact) mass is 266 g/mol. The van der Waals surface area contributed by atoms with Crippen LogP contribution in [0.25, 0.3) is 0 Å². The molecule has 2 aliphatic heterocycles. The van der Waals surface area contributed by atoms with E-state index in [9.17, 15) is 10.0 Å². The standard InChI is InChI=1S/C14H12B2O4/c17-15-11-7-3-1-5-9(11)13(19-15)14-10-6-2-4-8-12(10)16(18)20-14/h1-8,13-14,17-18H/t13-,14-/m1/s1. The number of fused-ring (bicyclic) bond motifs is 2. The van der Waals surface area contributed by atoms with Crippen LogP contribution in [-0.4, -0.2) is 24.3 Å². The van der Waals surface area contributed by atoms with E-state index in [2.05, 4.69) is 0 Å². The Labute approximate surface area is 117 Å². The Morgan fingerprint density at radius 1 is 0.700 bits per heavy atom. The third-order valence-corrected chi connectivity index (χ3v) is 3.96. The van der Waals surface area contributed by atoms with Crippen molar-refractivity contribution in [1.29, 1.82) is 0 Å². The van der Waals surface area contributed by atoms with Gasteiger partial charge >= 0.3 is 14.2 Å². The van der Waals surface area contributed by atoms with Gasteiger partial charge in [0.2, 0.25) is 0 Å². The smallest absolute Gasteiger partial charge is 0.423 e. The lowest BCUT2D eigenvalue weighted by atomic mass is 9.78. The fraction of sp³-hybridized carbons (Fsp3) is 0.143. The van der Waals surface area contributed by atoms with Gasteiger partial charge in [-0.25, -0.2) is 0 Å². The Morgan fingerprint density at radius 3 is 1.55 bits per heavy atom. The van der Waals surface area contributed by atoms with Crippen LogP contribution in [0.5, 0.6) is 0 Å². The van der Waals surface area contributed by atoms with Gasteiger partial charge in [0.1, 0.15) is 0 Å². The highest BCUT2D eigenvalue weighted by Gasteiger charge is 2.45. The van der Waals surface area contributed by atoms with Crippen molar-refractivity contribution in [3.8, 4) is 0 Å². The van der Waals surface area contributed by atoms with Crippen LogP contribution in [0, 0.1) is 0 Å². The van der Waals surface area contributed by atoms with Crippen LogP contribution in [0.2, 0.25) is 0 Å². The van der Waals surface area contributed by atoms with E-state index in [-0.39, 0.29) is 0 Å². The third-order valence-electron chi connectivity index (χ3n) is 3.96. The van der Waals surface area contributed by atoms with Crippen molar-refractivity contribution in [2.75, 3.05) is 0 Å². The Balaban J connectivity index is 1.78. The van der Waals surface area contributed by atoms with Gasteiger partial charge in [0, 0.05) is 0 Å². The van der Waals surface area contributed by atoms with Gasteiger partial charge in [-0.05, 0) is 22.1 Å². The summed E-state index contributed by atoms with van der Waals surface area (Å²) in [6.07, 6.45) is -0.806. The molecule has 0 saturated carbocycles. The van der Waals surface area contributed by atoms with Crippen LogP contribution in [-0.2, 0) is 9.31 Å². The predicted molar refractivity (Wildman–Crippen MR) is 75.7 cm³/mol. The van der Waals surface area contributed by atoms with Gasteiger partial charge in [0.05, 0.1) is 12.2 Å². The highest BCUT2D eigenvalue weighted by Crippen LogP contribution is 2.40. The highest BCUT2D eigenvalue weighted by molar-refractivity contribution is 6.62. The molecule has 2 aromatic carbocycles. The van der Waals surface area contributed by atoms with E-state index in [1.165, 1.54) is 0 Å².